The number of imidazole rings is 1. The smallest absolute Gasteiger partial charge is 0.176 e. The predicted octanol–water partition coefficient (Wildman–Crippen LogP) is 1.07. The quantitative estimate of drug-likeness (QED) is 0.758. The van der Waals surface area contributed by atoms with Crippen molar-refractivity contribution in [3.63, 3.8) is 0 Å². The summed E-state index contributed by atoms with van der Waals surface area (Å²) in [6.07, 6.45) is 5.44. The zero-order chi connectivity index (χ0) is 11.5. The minimum Gasteiger partial charge on any atom is -0.328 e. The van der Waals surface area contributed by atoms with E-state index >= 15 is 0 Å². The molecule has 0 unspecified atom stereocenters. The van der Waals surface area contributed by atoms with E-state index in [4.69, 9.17) is 16.3 Å². The molecule has 1 aliphatic carbocycles. The van der Waals surface area contributed by atoms with Gasteiger partial charge in [0.05, 0.1) is 6.33 Å². The van der Waals surface area contributed by atoms with Crippen LogP contribution in [-0.4, -0.2) is 15.6 Å². The van der Waals surface area contributed by atoms with Crippen LogP contribution >= 0.6 is 0 Å². The highest BCUT2D eigenvalue weighted by molar-refractivity contribution is 5.36. The lowest BCUT2D eigenvalue weighted by molar-refractivity contribution is 0.322. The molecule has 1 fully saturated rings. The normalized spacial score (nSPS) is 24.7. The van der Waals surface area contributed by atoms with Crippen LogP contribution in [0.25, 0.3) is 0 Å². The van der Waals surface area contributed by atoms with E-state index < -0.39 is 0 Å². The molecule has 2 N–H and O–H groups in total. The average molecular weight is 215 g/mol. The summed E-state index contributed by atoms with van der Waals surface area (Å²) in [5.41, 5.74) is 6.43. The zero-order valence-corrected chi connectivity index (χ0v) is 8.93. The second kappa shape index (κ2) is 4.34. The SMILES string of the molecule is N#Cc1ncn(C2CCC(N)CC2)c1C#N. The second-order valence-electron chi connectivity index (χ2n) is 4.14. The Balaban J connectivity index is 2.25. The summed E-state index contributed by atoms with van der Waals surface area (Å²) in [7, 11) is 0. The molecule has 0 aromatic carbocycles. The van der Waals surface area contributed by atoms with Crippen molar-refractivity contribution in [1.29, 1.82) is 10.5 Å². The van der Waals surface area contributed by atoms with Gasteiger partial charge in [0.25, 0.3) is 0 Å². The van der Waals surface area contributed by atoms with Gasteiger partial charge in [0.15, 0.2) is 11.4 Å². The van der Waals surface area contributed by atoms with Gasteiger partial charge in [0, 0.05) is 12.1 Å². The third-order valence-corrected chi connectivity index (χ3v) is 3.14. The van der Waals surface area contributed by atoms with Gasteiger partial charge in [-0.05, 0) is 25.7 Å². The van der Waals surface area contributed by atoms with E-state index in [1.807, 2.05) is 10.6 Å². The molecule has 5 heteroatoms. The maximum Gasteiger partial charge on any atom is 0.176 e. The summed E-state index contributed by atoms with van der Waals surface area (Å²) in [4.78, 5) is 3.95. The number of aromatic nitrogens is 2. The summed E-state index contributed by atoms with van der Waals surface area (Å²) < 4.78 is 1.82. The Morgan fingerprint density at radius 3 is 2.50 bits per heavy atom. The molecule has 0 amide bonds. The maximum atomic E-state index is 9.02. The molecule has 2 rings (SSSR count). The molecule has 82 valence electrons. The van der Waals surface area contributed by atoms with Crippen molar-refractivity contribution in [2.24, 2.45) is 5.73 Å². The van der Waals surface area contributed by atoms with Gasteiger partial charge in [0.2, 0.25) is 0 Å². The number of hydrogen-bond donors (Lipinski definition) is 1. The van der Waals surface area contributed by atoms with E-state index in [9.17, 15) is 0 Å². The molecule has 1 aliphatic rings. The average Bonchev–Trinajstić information content (AvgIpc) is 2.72. The molecular weight excluding hydrogens is 202 g/mol. The highest BCUT2D eigenvalue weighted by Gasteiger charge is 2.23. The van der Waals surface area contributed by atoms with Crippen LogP contribution in [0.3, 0.4) is 0 Å². The van der Waals surface area contributed by atoms with Crippen molar-refractivity contribution < 1.29 is 0 Å². The largest absolute Gasteiger partial charge is 0.328 e. The lowest BCUT2D eigenvalue weighted by atomic mass is 9.91. The monoisotopic (exact) mass is 215 g/mol. The van der Waals surface area contributed by atoms with E-state index in [1.54, 1.807) is 6.33 Å². The Kier molecular flexibility index (Phi) is 2.89. The summed E-state index contributed by atoms with van der Waals surface area (Å²) in [6.45, 7) is 0. The molecule has 1 aromatic rings. The fraction of sp³-hybridized carbons (Fsp3) is 0.545. The Bertz CT molecular complexity index is 454. The van der Waals surface area contributed by atoms with Crippen molar-refractivity contribution in [1.82, 2.24) is 9.55 Å². The van der Waals surface area contributed by atoms with Crippen LogP contribution in [0.5, 0.6) is 0 Å². The van der Waals surface area contributed by atoms with Crippen LogP contribution in [0.1, 0.15) is 43.1 Å². The van der Waals surface area contributed by atoms with Gasteiger partial charge in [-0.3, -0.25) is 0 Å². The molecule has 0 spiro atoms. The first-order chi connectivity index (χ1) is 7.76. The van der Waals surface area contributed by atoms with Crippen molar-refractivity contribution in [3.8, 4) is 12.1 Å². The van der Waals surface area contributed by atoms with Crippen LogP contribution in [-0.2, 0) is 0 Å². The highest BCUT2D eigenvalue weighted by Crippen LogP contribution is 2.29. The Labute approximate surface area is 94.1 Å². The molecule has 0 saturated heterocycles. The van der Waals surface area contributed by atoms with Crippen LogP contribution in [0.15, 0.2) is 6.33 Å². The zero-order valence-electron chi connectivity index (χ0n) is 8.93. The topological polar surface area (TPSA) is 91.4 Å². The lowest BCUT2D eigenvalue weighted by Gasteiger charge is -2.27. The molecule has 1 heterocycles. The Hall–Kier alpha value is -1.85. The van der Waals surface area contributed by atoms with E-state index in [0.717, 1.165) is 25.7 Å². The lowest BCUT2D eigenvalue weighted by Crippen LogP contribution is -2.28. The fourth-order valence-corrected chi connectivity index (χ4v) is 2.21. The van der Waals surface area contributed by atoms with E-state index in [2.05, 4.69) is 11.1 Å². The minimum atomic E-state index is 0.220. The summed E-state index contributed by atoms with van der Waals surface area (Å²) >= 11 is 0. The standard InChI is InChI=1S/C11H13N5/c12-5-10-11(6-13)16(7-15-10)9-3-1-8(14)2-4-9/h7-9H,1-4,14H2. The van der Waals surface area contributed by atoms with Gasteiger partial charge in [-0.2, -0.15) is 10.5 Å². The maximum absolute atomic E-state index is 9.02. The molecule has 16 heavy (non-hydrogen) atoms. The van der Waals surface area contributed by atoms with Crippen LogP contribution in [0.4, 0.5) is 0 Å². The number of rotatable bonds is 1. The summed E-state index contributed by atoms with van der Waals surface area (Å²) in [5, 5.41) is 17.8. The van der Waals surface area contributed by atoms with Crippen molar-refractivity contribution in [2.45, 2.75) is 37.8 Å². The number of hydrogen-bond acceptors (Lipinski definition) is 4. The number of nitrogens with two attached hydrogens (primary N) is 1. The first kappa shape index (κ1) is 10.7. The van der Waals surface area contributed by atoms with Gasteiger partial charge in [-0.1, -0.05) is 0 Å². The van der Waals surface area contributed by atoms with Gasteiger partial charge in [-0.15, -0.1) is 0 Å². The molecule has 0 atom stereocenters. The highest BCUT2D eigenvalue weighted by atomic mass is 15.1. The fourth-order valence-electron chi connectivity index (χ4n) is 2.21. The molecule has 0 aliphatic heterocycles. The predicted molar refractivity (Wildman–Crippen MR) is 57.1 cm³/mol. The van der Waals surface area contributed by atoms with E-state index in [-0.39, 0.29) is 17.8 Å². The molecule has 5 nitrogen and oxygen atoms in total. The van der Waals surface area contributed by atoms with Gasteiger partial charge < -0.3 is 10.3 Å². The molecule has 0 radical (unpaired) electrons. The number of nitrogens with zero attached hydrogens (tertiary/aromatic N) is 4. The van der Waals surface area contributed by atoms with Crippen LogP contribution in [0.2, 0.25) is 0 Å². The first-order valence-corrected chi connectivity index (χ1v) is 5.39. The molecular formula is C11H13N5. The minimum absolute atomic E-state index is 0.220. The van der Waals surface area contributed by atoms with E-state index in [1.165, 1.54) is 0 Å². The Morgan fingerprint density at radius 2 is 1.94 bits per heavy atom. The van der Waals surface area contributed by atoms with Crippen molar-refractivity contribution >= 4 is 0 Å². The molecule has 1 aromatic heterocycles. The molecule has 0 bridgehead atoms. The third kappa shape index (κ3) is 1.78. The van der Waals surface area contributed by atoms with Crippen molar-refractivity contribution in [2.75, 3.05) is 0 Å². The summed E-state index contributed by atoms with van der Waals surface area (Å²) in [5.74, 6) is 0. The first-order valence-electron chi connectivity index (χ1n) is 5.39. The van der Waals surface area contributed by atoms with Gasteiger partial charge in [-0.25, -0.2) is 4.98 Å². The molecule has 1 saturated carbocycles. The van der Waals surface area contributed by atoms with Crippen LogP contribution in [0, 0.1) is 22.7 Å². The number of nitriles is 2. The van der Waals surface area contributed by atoms with Gasteiger partial charge >= 0.3 is 0 Å². The van der Waals surface area contributed by atoms with Gasteiger partial charge in [0.1, 0.15) is 12.1 Å². The Morgan fingerprint density at radius 1 is 1.25 bits per heavy atom. The third-order valence-electron chi connectivity index (χ3n) is 3.14. The van der Waals surface area contributed by atoms with E-state index in [0.29, 0.717) is 5.69 Å². The van der Waals surface area contributed by atoms with Crippen molar-refractivity contribution in [3.05, 3.63) is 17.7 Å². The second-order valence-corrected chi connectivity index (χ2v) is 4.14. The van der Waals surface area contributed by atoms with Crippen LogP contribution < -0.4 is 5.73 Å². The summed E-state index contributed by atoms with van der Waals surface area (Å²) in [6, 6.07) is 4.53.